The Morgan fingerprint density at radius 2 is 2.30 bits per heavy atom. The maximum atomic E-state index is 6.16. The van der Waals surface area contributed by atoms with Crippen LogP contribution in [0, 0.1) is 0 Å². The van der Waals surface area contributed by atoms with Crippen molar-refractivity contribution in [3.63, 3.8) is 0 Å². The highest BCUT2D eigenvalue weighted by molar-refractivity contribution is 6.31. The van der Waals surface area contributed by atoms with Crippen LogP contribution in [-0.2, 0) is 0 Å². The highest BCUT2D eigenvalue weighted by atomic mass is 35.5. The molecule has 0 aliphatic carbocycles. The van der Waals surface area contributed by atoms with Gasteiger partial charge in [0.15, 0.2) is 0 Å². The van der Waals surface area contributed by atoms with Crippen LogP contribution in [0.2, 0.25) is 5.02 Å². The standard InChI is InChI=1S/C14H17ClN4O/c1-2-6-20-11-7-10(8-17-9-11)13(19-16)14-12(15)4-3-5-18-14/h3-5,7-9,13,19H,2,6,16H2,1H3. The number of rotatable bonds is 6. The van der Waals surface area contributed by atoms with Gasteiger partial charge in [-0.25, -0.2) is 5.43 Å². The molecular formula is C14H17ClN4O. The largest absolute Gasteiger partial charge is 0.492 e. The molecule has 0 bridgehead atoms. The van der Waals surface area contributed by atoms with Gasteiger partial charge >= 0.3 is 0 Å². The molecule has 0 radical (unpaired) electrons. The maximum absolute atomic E-state index is 6.16. The van der Waals surface area contributed by atoms with Crippen molar-refractivity contribution >= 4 is 11.6 Å². The number of hydrazine groups is 1. The first kappa shape index (κ1) is 14.7. The quantitative estimate of drug-likeness (QED) is 0.632. The predicted octanol–water partition coefficient (Wildman–Crippen LogP) is 2.47. The first-order valence-electron chi connectivity index (χ1n) is 6.40. The van der Waals surface area contributed by atoms with Gasteiger partial charge in [0.05, 0.1) is 29.6 Å². The zero-order chi connectivity index (χ0) is 14.4. The van der Waals surface area contributed by atoms with Gasteiger partial charge in [-0.1, -0.05) is 18.5 Å². The molecule has 0 aromatic carbocycles. The van der Waals surface area contributed by atoms with Crippen LogP contribution in [-0.4, -0.2) is 16.6 Å². The lowest BCUT2D eigenvalue weighted by atomic mass is 10.1. The molecule has 2 aromatic rings. The lowest BCUT2D eigenvalue weighted by Gasteiger charge is -2.17. The molecule has 0 amide bonds. The predicted molar refractivity (Wildman–Crippen MR) is 78.4 cm³/mol. The Kier molecular flexibility index (Phi) is 5.29. The zero-order valence-electron chi connectivity index (χ0n) is 11.2. The summed E-state index contributed by atoms with van der Waals surface area (Å²) in [6.45, 7) is 2.70. The average Bonchev–Trinajstić information content (AvgIpc) is 2.48. The Balaban J connectivity index is 2.30. The molecule has 0 saturated carbocycles. The van der Waals surface area contributed by atoms with Gasteiger partial charge in [0, 0.05) is 12.4 Å². The van der Waals surface area contributed by atoms with Crippen molar-refractivity contribution < 1.29 is 4.74 Å². The lowest BCUT2D eigenvalue weighted by Crippen LogP contribution is -2.29. The van der Waals surface area contributed by atoms with Crippen LogP contribution >= 0.6 is 11.6 Å². The number of aromatic nitrogens is 2. The summed E-state index contributed by atoms with van der Waals surface area (Å²) in [5, 5.41) is 0.551. The van der Waals surface area contributed by atoms with Crippen LogP contribution in [0.4, 0.5) is 0 Å². The first-order chi connectivity index (χ1) is 9.76. The molecule has 1 unspecified atom stereocenters. The molecule has 2 heterocycles. The molecule has 20 heavy (non-hydrogen) atoms. The number of hydrogen-bond donors (Lipinski definition) is 2. The molecule has 0 fully saturated rings. The Hall–Kier alpha value is -1.69. The van der Waals surface area contributed by atoms with E-state index in [0.29, 0.717) is 23.1 Å². The van der Waals surface area contributed by atoms with Crippen LogP contribution in [0.1, 0.15) is 30.6 Å². The van der Waals surface area contributed by atoms with E-state index in [2.05, 4.69) is 22.3 Å². The molecule has 6 heteroatoms. The monoisotopic (exact) mass is 292 g/mol. The number of pyridine rings is 2. The van der Waals surface area contributed by atoms with Gasteiger partial charge in [-0.2, -0.15) is 0 Å². The lowest BCUT2D eigenvalue weighted by molar-refractivity contribution is 0.315. The van der Waals surface area contributed by atoms with E-state index < -0.39 is 0 Å². The summed E-state index contributed by atoms with van der Waals surface area (Å²) in [5.41, 5.74) is 4.22. The summed E-state index contributed by atoms with van der Waals surface area (Å²) in [6, 6.07) is 5.11. The zero-order valence-corrected chi connectivity index (χ0v) is 12.0. The van der Waals surface area contributed by atoms with E-state index >= 15 is 0 Å². The molecular weight excluding hydrogens is 276 g/mol. The Morgan fingerprint density at radius 3 is 3.00 bits per heavy atom. The van der Waals surface area contributed by atoms with Gasteiger partial charge in [-0.15, -0.1) is 0 Å². The van der Waals surface area contributed by atoms with Crippen molar-refractivity contribution in [3.8, 4) is 5.75 Å². The second kappa shape index (κ2) is 7.19. The Labute approximate surface area is 123 Å². The fraction of sp³-hybridized carbons (Fsp3) is 0.286. The average molecular weight is 293 g/mol. The molecule has 0 aliphatic heterocycles. The second-order valence-electron chi connectivity index (χ2n) is 4.27. The highest BCUT2D eigenvalue weighted by Crippen LogP contribution is 2.27. The van der Waals surface area contributed by atoms with Crippen LogP contribution in [0.3, 0.4) is 0 Å². The molecule has 1 atom stereocenters. The first-order valence-corrected chi connectivity index (χ1v) is 6.78. The number of nitrogens with one attached hydrogen (secondary N) is 1. The van der Waals surface area contributed by atoms with Crippen LogP contribution in [0.5, 0.6) is 5.75 Å². The molecule has 2 rings (SSSR count). The van der Waals surface area contributed by atoms with E-state index in [1.807, 2.05) is 6.07 Å². The fourth-order valence-corrected chi connectivity index (χ4v) is 2.07. The minimum absolute atomic E-state index is 0.332. The smallest absolute Gasteiger partial charge is 0.137 e. The summed E-state index contributed by atoms with van der Waals surface area (Å²) in [5.74, 6) is 6.34. The number of nitrogens with two attached hydrogens (primary N) is 1. The van der Waals surface area contributed by atoms with Crippen LogP contribution < -0.4 is 16.0 Å². The number of halogens is 1. The van der Waals surface area contributed by atoms with E-state index in [-0.39, 0.29) is 6.04 Å². The van der Waals surface area contributed by atoms with Crippen molar-refractivity contribution in [3.05, 3.63) is 53.1 Å². The van der Waals surface area contributed by atoms with E-state index in [1.54, 1.807) is 30.7 Å². The SMILES string of the molecule is CCCOc1cncc(C(NN)c2ncccc2Cl)c1. The highest BCUT2D eigenvalue weighted by Gasteiger charge is 2.17. The van der Waals surface area contributed by atoms with Gasteiger partial charge in [0.2, 0.25) is 0 Å². The third kappa shape index (κ3) is 3.45. The fourth-order valence-electron chi connectivity index (χ4n) is 1.84. The number of ether oxygens (including phenoxy) is 1. The van der Waals surface area contributed by atoms with Crippen molar-refractivity contribution in [1.82, 2.24) is 15.4 Å². The summed E-state index contributed by atoms with van der Waals surface area (Å²) in [6.07, 6.45) is 6.01. The van der Waals surface area contributed by atoms with E-state index in [1.165, 1.54) is 0 Å². The number of nitrogens with zero attached hydrogens (tertiary/aromatic N) is 2. The molecule has 2 aromatic heterocycles. The van der Waals surface area contributed by atoms with E-state index in [0.717, 1.165) is 12.0 Å². The topological polar surface area (TPSA) is 73.1 Å². The van der Waals surface area contributed by atoms with Crippen LogP contribution in [0.25, 0.3) is 0 Å². The molecule has 0 spiro atoms. The van der Waals surface area contributed by atoms with Gasteiger partial charge in [0.25, 0.3) is 0 Å². The Bertz CT molecular complexity index is 564. The summed E-state index contributed by atoms with van der Waals surface area (Å²) in [7, 11) is 0. The van der Waals surface area contributed by atoms with Gasteiger partial charge in [0.1, 0.15) is 5.75 Å². The molecule has 0 aliphatic rings. The summed E-state index contributed by atoms with van der Waals surface area (Å²) < 4.78 is 5.57. The van der Waals surface area contributed by atoms with Gasteiger partial charge in [-0.3, -0.25) is 15.8 Å². The van der Waals surface area contributed by atoms with Crippen molar-refractivity contribution in [1.29, 1.82) is 0 Å². The van der Waals surface area contributed by atoms with Crippen LogP contribution in [0.15, 0.2) is 36.8 Å². The third-order valence-corrected chi connectivity index (χ3v) is 3.09. The van der Waals surface area contributed by atoms with Crippen molar-refractivity contribution in [2.45, 2.75) is 19.4 Å². The second-order valence-corrected chi connectivity index (χ2v) is 4.68. The van der Waals surface area contributed by atoms with E-state index in [4.69, 9.17) is 22.2 Å². The third-order valence-electron chi connectivity index (χ3n) is 2.77. The molecule has 106 valence electrons. The molecule has 5 nitrogen and oxygen atoms in total. The van der Waals surface area contributed by atoms with Gasteiger partial charge < -0.3 is 4.74 Å². The van der Waals surface area contributed by atoms with Crippen molar-refractivity contribution in [2.75, 3.05) is 6.61 Å². The maximum Gasteiger partial charge on any atom is 0.137 e. The van der Waals surface area contributed by atoms with E-state index in [9.17, 15) is 0 Å². The normalized spacial score (nSPS) is 12.2. The van der Waals surface area contributed by atoms with Crippen molar-refractivity contribution in [2.24, 2.45) is 5.84 Å². The summed E-state index contributed by atoms with van der Waals surface area (Å²) >= 11 is 6.16. The number of hydrogen-bond acceptors (Lipinski definition) is 5. The Morgan fingerprint density at radius 1 is 1.45 bits per heavy atom. The van der Waals surface area contributed by atoms with Gasteiger partial charge in [-0.05, 0) is 30.2 Å². The molecule has 0 saturated heterocycles. The minimum Gasteiger partial charge on any atom is -0.492 e. The minimum atomic E-state index is -0.332. The summed E-state index contributed by atoms with van der Waals surface area (Å²) in [4.78, 5) is 8.44. The molecule has 3 N–H and O–H groups in total.